The fraction of sp³-hybridized carbons (Fsp3) is 0.0952. The van der Waals surface area contributed by atoms with Crippen LogP contribution in [0.4, 0.5) is 0 Å². The number of pyridine rings is 2. The molecule has 0 radical (unpaired) electrons. The Morgan fingerprint density at radius 2 is 1.90 bits per heavy atom. The molecule has 4 rings (SSSR count). The highest BCUT2D eigenvalue weighted by Crippen LogP contribution is 2.17. The Bertz CT molecular complexity index is 1450. The van der Waals surface area contributed by atoms with Crippen LogP contribution in [-0.4, -0.2) is 32.2 Å². The Labute approximate surface area is 168 Å². The van der Waals surface area contributed by atoms with Crippen LogP contribution in [0, 0.1) is 0 Å². The minimum atomic E-state index is -0.702. The number of nitrogens with zero attached hydrogens (tertiary/aromatic N) is 3. The van der Waals surface area contributed by atoms with Crippen LogP contribution in [-0.2, 0) is 11.3 Å². The number of benzene rings is 1. The number of H-pyrrole nitrogens is 1. The Balaban J connectivity index is 2.07. The normalized spacial score (nSPS) is 10.8. The summed E-state index contributed by atoms with van der Waals surface area (Å²) < 4.78 is 7.02. The fourth-order valence-electron chi connectivity index (χ4n) is 3.25. The number of aromatic nitrogens is 4. The van der Waals surface area contributed by atoms with Crippen LogP contribution < -0.4 is 16.7 Å². The zero-order valence-electron chi connectivity index (χ0n) is 15.9. The molecule has 0 saturated heterocycles. The predicted molar refractivity (Wildman–Crippen MR) is 109 cm³/mol. The maximum absolute atomic E-state index is 13.4. The highest BCUT2D eigenvalue weighted by molar-refractivity contribution is 5.94. The number of nitrogens with one attached hydrogen (secondary N) is 1. The molecule has 3 heterocycles. The van der Waals surface area contributed by atoms with E-state index in [1.165, 1.54) is 42.3 Å². The highest BCUT2D eigenvalue weighted by Gasteiger charge is 2.20. The number of methoxy groups -OCH3 is 1. The van der Waals surface area contributed by atoms with E-state index < -0.39 is 17.2 Å². The lowest BCUT2D eigenvalue weighted by atomic mass is 10.1. The van der Waals surface area contributed by atoms with Gasteiger partial charge in [0.1, 0.15) is 0 Å². The van der Waals surface area contributed by atoms with E-state index in [4.69, 9.17) is 4.74 Å². The summed E-state index contributed by atoms with van der Waals surface area (Å²) in [6.07, 6.45) is 2.90. The molecule has 0 fully saturated rings. The second kappa shape index (κ2) is 7.63. The molecule has 0 aliphatic heterocycles. The van der Waals surface area contributed by atoms with Crippen molar-refractivity contribution < 1.29 is 9.53 Å². The molecule has 9 nitrogen and oxygen atoms in total. The third-order valence-electron chi connectivity index (χ3n) is 4.61. The quantitative estimate of drug-likeness (QED) is 0.509. The summed E-state index contributed by atoms with van der Waals surface area (Å²) in [5.74, 6) is -0.633. The van der Waals surface area contributed by atoms with Crippen molar-refractivity contribution in [2.24, 2.45) is 0 Å². The first-order chi connectivity index (χ1) is 14.5. The molecule has 0 bridgehead atoms. The minimum absolute atomic E-state index is 0.113. The minimum Gasteiger partial charge on any atom is -0.465 e. The summed E-state index contributed by atoms with van der Waals surface area (Å²) in [5, 5.41) is 0.190. The highest BCUT2D eigenvalue weighted by atomic mass is 16.5. The van der Waals surface area contributed by atoms with Gasteiger partial charge in [-0.25, -0.2) is 19.1 Å². The largest absolute Gasteiger partial charge is 0.465 e. The van der Waals surface area contributed by atoms with Gasteiger partial charge in [-0.15, -0.1) is 0 Å². The van der Waals surface area contributed by atoms with Gasteiger partial charge in [-0.3, -0.25) is 14.2 Å². The number of aromatic amines is 1. The molecule has 0 aliphatic carbocycles. The van der Waals surface area contributed by atoms with Crippen molar-refractivity contribution in [2.75, 3.05) is 7.11 Å². The van der Waals surface area contributed by atoms with Gasteiger partial charge < -0.3 is 9.72 Å². The number of esters is 1. The second-order valence-electron chi connectivity index (χ2n) is 6.44. The van der Waals surface area contributed by atoms with Crippen molar-refractivity contribution in [1.29, 1.82) is 0 Å². The summed E-state index contributed by atoms with van der Waals surface area (Å²) in [6, 6.07) is 12.2. The molecule has 0 aliphatic rings. The summed E-state index contributed by atoms with van der Waals surface area (Å²) in [6.45, 7) is -0.154. The van der Waals surface area contributed by atoms with Crippen LogP contribution in [0.25, 0.3) is 16.7 Å². The van der Waals surface area contributed by atoms with E-state index in [0.29, 0.717) is 5.69 Å². The molecule has 30 heavy (non-hydrogen) atoms. The van der Waals surface area contributed by atoms with Crippen molar-refractivity contribution in [3.05, 3.63) is 103 Å². The SMILES string of the molecule is COC(=O)c1ccccc1-n1c(=O)n(Cc2cc(=O)cc[nH]2)c(=O)c2cccnc21. The number of carbonyl (C=O) groups excluding carboxylic acids is 1. The summed E-state index contributed by atoms with van der Waals surface area (Å²) in [4.78, 5) is 57.4. The molecule has 0 amide bonds. The van der Waals surface area contributed by atoms with Gasteiger partial charge in [-0.2, -0.15) is 0 Å². The van der Waals surface area contributed by atoms with Crippen LogP contribution in [0.3, 0.4) is 0 Å². The van der Waals surface area contributed by atoms with E-state index in [0.717, 1.165) is 4.57 Å². The van der Waals surface area contributed by atoms with Crippen molar-refractivity contribution in [1.82, 2.24) is 19.1 Å². The van der Waals surface area contributed by atoms with Gasteiger partial charge in [0.05, 0.1) is 30.3 Å². The number of para-hydroxylation sites is 1. The van der Waals surface area contributed by atoms with Crippen LogP contribution >= 0.6 is 0 Å². The molecule has 9 heteroatoms. The third-order valence-corrected chi connectivity index (χ3v) is 4.61. The zero-order valence-corrected chi connectivity index (χ0v) is 15.9. The van der Waals surface area contributed by atoms with Gasteiger partial charge in [0, 0.05) is 30.2 Å². The Hall–Kier alpha value is -4.27. The van der Waals surface area contributed by atoms with Crippen molar-refractivity contribution in [3.8, 4) is 5.69 Å². The first-order valence-electron chi connectivity index (χ1n) is 8.97. The molecule has 1 N–H and O–H groups in total. The Morgan fingerprint density at radius 3 is 2.67 bits per heavy atom. The number of rotatable bonds is 4. The average Bonchev–Trinajstić information content (AvgIpc) is 2.76. The van der Waals surface area contributed by atoms with Crippen LogP contribution in [0.5, 0.6) is 0 Å². The molecule has 0 atom stereocenters. The molecule has 1 aromatic carbocycles. The molecule has 3 aromatic heterocycles. The topological polar surface area (TPSA) is 116 Å². The lowest BCUT2D eigenvalue weighted by molar-refractivity contribution is 0.0600. The van der Waals surface area contributed by atoms with E-state index in [1.54, 1.807) is 30.3 Å². The summed E-state index contributed by atoms with van der Waals surface area (Å²) >= 11 is 0. The van der Waals surface area contributed by atoms with Gasteiger partial charge in [0.15, 0.2) is 11.1 Å². The summed E-state index contributed by atoms with van der Waals surface area (Å²) in [7, 11) is 1.24. The molecular weight excluding hydrogens is 388 g/mol. The molecule has 0 spiro atoms. The maximum atomic E-state index is 13.4. The number of carbonyl (C=O) groups is 1. The molecule has 150 valence electrons. The van der Waals surface area contributed by atoms with E-state index in [-0.39, 0.29) is 34.3 Å². The standard InChI is InChI=1S/C21H16N4O5/c1-30-20(28)15-5-2-3-7-17(15)25-18-16(6-4-9-23-18)19(27)24(21(25)29)12-13-11-14(26)8-10-22-13/h2-11H,12H2,1H3,(H,22,26). The summed E-state index contributed by atoms with van der Waals surface area (Å²) in [5.41, 5.74) is -0.636. The van der Waals surface area contributed by atoms with Crippen molar-refractivity contribution >= 4 is 17.0 Å². The number of hydrogen-bond donors (Lipinski definition) is 1. The van der Waals surface area contributed by atoms with Gasteiger partial charge in [0.2, 0.25) is 0 Å². The van der Waals surface area contributed by atoms with E-state index >= 15 is 0 Å². The van der Waals surface area contributed by atoms with Gasteiger partial charge >= 0.3 is 11.7 Å². The molecule has 0 unspecified atom stereocenters. The van der Waals surface area contributed by atoms with Crippen molar-refractivity contribution in [3.63, 3.8) is 0 Å². The van der Waals surface area contributed by atoms with E-state index in [2.05, 4.69) is 9.97 Å². The number of hydrogen-bond acceptors (Lipinski definition) is 6. The van der Waals surface area contributed by atoms with E-state index in [9.17, 15) is 19.2 Å². The molecular formula is C21H16N4O5. The smallest absolute Gasteiger partial charge is 0.339 e. The van der Waals surface area contributed by atoms with Crippen LogP contribution in [0.2, 0.25) is 0 Å². The monoisotopic (exact) mass is 404 g/mol. The lowest BCUT2D eigenvalue weighted by Crippen LogP contribution is -2.40. The number of fused-ring (bicyclic) bond motifs is 1. The Kier molecular flexibility index (Phi) is 4.85. The van der Waals surface area contributed by atoms with Crippen molar-refractivity contribution in [2.45, 2.75) is 6.54 Å². The zero-order chi connectivity index (χ0) is 21.3. The van der Waals surface area contributed by atoms with Crippen LogP contribution in [0.1, 0.15) is 16.1 Å². The molecule has 4 aromatic rings. The number of ether oxygens (including phenoxy) is 1. The molecule has 0 saturated carbocycles. The second-order valence-corrected chi connectivity index (χ2v) is 6.44. The van der Waals surface area contributed by atoms with Gasteiger partial charge in [-0.1, -0.05) is 12.1 Å². The predicted octanol–water partition coefficient (Wildman–Crippen LogP) is 1.07. The lowest BCUT2D eigenvalue weighted by Gasteiger charge is -2.15. The first-order valence-corrected chi connectivity index (χ1v) is 8.97. The van der Waals surface area contributed by atoms with Gasteiger partial charge in [0.25, 0.3) is 5.56 Å². The van der Waals surface area contributed by atoms with Crippen LogP contribution in [0.15, 0.2) is 75.3 Å². The fourth-order valence-corrected chi connectivity index (χ4v) is 3.25. The maximum Gasteiger partial charge on any atom is 0.339 e. The van der Waals surface area contributed by atoms with Gasteiger partial charge in [-0.05, 0) is 24.3 Å². The third kappa shape index (κ3) is 3.22. The average molecular weight is 404 g/mol. The Morgan fingerprint density at radius 1 is 1.10 bits per heavy atom. The first kappa shape index (κ1) is 19.1. The van der Waals surface area contributed by atoms with E-state index in [1.807, 2.05) is 0 Å².